The van der Waals surface area contributed by atoms with Crippen LogP contribution in [-0.2, 0) is 11.3 Å². The first-order valence-corrected chi connectivity index (χ1v) is 11.1. The molecule has 2 aliphatic rings. The molecule has 0 bridgehead atoms. The van der Waals surface area contributed by atoms with Gasteiger partial charge in [-0.15, -0.1) is 0 Å². The molecule has 0 atom stereocenters. The molecule has 30 heavy (non-hydrogen) atoms. The molecule has 2 heterocycles. The molecule has 1 N–H and O–H groups in total. The van der Waals surface area contributed by atoms with Crippen LogP contribution in [0.2, 0.25) is 0 Å². The molecule has 1 aliphatic heterocycles. The van der Waals surface area contributed by atoms with Gasteiger partial charge in [-0.1, -0.05) is 67.8 Å². The second-order valence-corrected chi connectivity index (χ2v) is 8.56. The Bertz CT molecular complexity index is 1130. The van der Waals surface area contributed by atoms with E-state index in [-0.39, 0.29) is 11.9 Å². The number of amides is 1. The number of hydrogen-bond acceptors (Lipinski definition) is 2. The van der Waals surface area contributed by atoms with Gasteiger partial charge in [-0.25, -0.2) is 0 Å². The number of fused-ring (bicyclic) bond motifs is 1. The van der Waals surface area contributed by atoms with Crippen LogP contribution in [0.5, 0.6) is 0 Å². The standard InChI is InChI=1S/C25H25N3OS/c29-24-22(26-25(30)28(24)20-11-5-2-6-12-20)15-19-17-27(16-18-9-3-1-4-10-18)23-14-8-7-13-21(19)23/h1,3-4,7-10,13-15,17,20H,2,5-6,11-12,16H2,(H,26,30)/b22-15+. The highest BCUT2D eigenvalue weighted by molar-refractivity contribution is 7.80. The summed E-state index contributed by atoms with van der Waals surface area (Å²) >= 11 is 5.53. The van der Waals surface area contributed by atoms with Gasteiger partial charge in [0.2, 0.25) is 0 Å². The first-order valence-electron chi connectivity index (χ1n) is 10.7. The molecule has 2 fully saturated rings. The minimum atomic E-state index is 0.00629. The summed E-state index contributed by atoms with van der Waals surface area (Å²) in [5, 5.41) is 4.87. The van der Waals surface area contributed by atoms with Gasteiger partial charge in [0.05, 0.1) is 0 Å². The Balaban J connectivity index is 1.48. The number of benzene rings is 2. The molecule has 1 amide bonds. The number of para-hydroxylation sites is 1. The molecule has 2 aromatic carbocycles. The predicted octanol–water partition coefficient (Wildman–Crippen LogP) is 5.08. The van der Waals surface area contributed by atoms with Gasteiger partial charge in [0.25, 0.3) is 5.91 Å². The van der Waals surface area contributed by atoms with Gasteiger partial charge in [-0.2, -0.15) is 0 Å². The number of aromatic nitrogens is 1. The Labute approximate surface area is 182 Å². The lowest BCUT2D eigenvalue weighted by Crippen LogP contribution is -2.41. The summed E-state index contributed by atoms with van der Waals surface area (Å²) in [5.41, 5.74) is 4.02. The van der Waals surface area contributed by atoms with Crippen molar-refractivity contribution >= 4 is 40.2 Å². The van der Waals surface area contributed by atoms with Crippen LogP contribution in [-0.4, -0.2) is 26.5 Å². The van der Waals surface area contributed by atoms with Gasteiger partial charge >= 0.3 is 0 Å². The van der Waals surface area contributed by atoms with E-state index in [4.69, 9.17) is 12.2 Å². The van der Waals surface area contributed by atoms with Crippen molar-refractivity contribution in [3.63, 3.8) is 0 Å². The minimum absolute atomic E-state index is 0.00629. The van der Waals surface area contributed by atoms with E-state index in [9.17, 15) is 4.79 Å². The molecule has 3 aromatic rings. The van der Waals surface area contributed by atoms with Crippen molar-refractivity contribution in [2.75, 3.05) is 0 Å². The molecular formula is C25H25N3OS. The molecule has 1 aliphatic carbocycles. The van der Waals surface area contributed by atoms with Crippen molar-refractivity contribution in [2.24, 2.45) is 0 Å². The van der Waals surface area contributed by atoms with E-state index in [1.165, 1.54) is 24.8 Å². The molecule has 152 valence electrons. The Hall–Kier alpha value is -2.92. The third kappa shape index (κ3) is 3.54. The quantitative estimate of drug-likeness (QED) is 0.477. The van der Waals surface area contributed by atoms with Crippen molar-refractivity contribution in [2.45, 2.75) is 44.7 Å². The molecular weight excluding hydrogens is 390 g/mol. The van der Waals surface area contributed by atoms with Crippen molar-refractivity contribution in [1.82, 2.24) is 14.8 Å². The van der Waals surface area contributed by atoms with Crippen LogP contribution in [0, 0.1) is 0 Å². The van der Waals surface area contributed by atoms with Gasteiger partial charge in [-0.3, -0.25) is 9.69 Å². The highest BCUT2D eigenvalue weighted by Gasteiger charge is 2.36. The molecule has 4 nitrogen and oxygen atoms in total. The molecule has 1 saturated heterocycles. The van der Waals surface area contributed by atoms with E-state index in [1.54, 1.807) is 0 Å². The van der Waals surface area contributed by atoms with E-state index >= 15 is 0 Å². The summed E-state index contributed by atoms with van der Waals surface area (Å²) in [6, 6.07) is 19.0. The lowest BCUT2D eigenvalue weighted by molar-refractivity contribution is -0.124. The lowest BCUT2D eigenvalue weighted by atomic mass is 9.94. The summed E-state index contributed by atoms with van der Waals surface area (Å²) in [6.45, 7) is 0.790. The largest absolute Gasteiger partial charge is 0.342 e. The van der Waals surface area contributed by atoms with Crippen LogP contribution >= 0.6 is 12.2 Å². The fraction of sp³-hybridized carbons (Fsp3) is 0.280. The monoisotopic (exact) mass is 415 g/mol. The number of rotatable bonds is 4. The lowest BCUT2D eigenvalue weighted by Gasteiger charge is -2.29. The number of hydrogen-bond donors (Lipinski definition) is 1. The number of nitrogens with one attached hydrogen (secondary N) is 1. The topological polar surface area (TPSA) is 37.3 Å². The van der Waals surface area contributed by atoms with E-state index in [0.717, 1.165) is 35.9 Å². The van der Waals surface area contributed by atoms with E-state index in [0.29, 0.717) is 10.8 Å². The molecule has 1 aromatic heterocycles. The Morgan fingerprint density at radius 3 is 2.53 bits per heavy atom. The van der Waals surface area contributed by atoms with Gasteiger partial charge in [0.1, 0.15) is 5.70 Å². The van der Waals surface area contributed by atoms with Crippen molar-refractivity contribution in [3.05, 3.63) is 77.6 Å². The highest BCUT2D eigenvalue weighted by atomic mass is 32.1. The SMILES string of the molecule is O=C1/C(=C\c2cn(Cc3ccccc3)c3ccccc23)NC(=S)N1C1CCCCC1. The van der Waals surface area contributed by atoms with Crippen molar-refractivity contribution in [3.8, 4) is 0 Å². The van der Waals surface area contributed by atoms with Crippen LogP contribution in [0.4, 0.5) is 0 Å². The predicted molar refractivity (Wildman–Crippen MR) is 125 cm³/mol. The first kappa shape index (κ1) is 19.1. The normalized spacial score (nSPS) is 19.1. The maximum atomic E-state index is 13.2. The molecule has 0 spiro atoms. The smallest absolute Gasteiger partial charge is 0.276 e. The second kappa shape index (κ2) is 8.07. The number of thiocarbonyl (C=S) groups is 1. The summed E-state index contributed by atoms with van der Waals surface area (Å²) < 4.78 is 2.24. The molecule has 0 radical (unpaired) electrons. The molecule has 5 heteroatoms. The van der Waals surface area contributed by atoms with Gasteiger partial charge < -0.3 is 9.88 Å². The van der Waals surface area contributed by atoms with Gasteiger partial charge in [0, 0.05) is 35.2 Å². The number of carbonyl (C=O) groups is 1. The maximum Gasteiger partial charge on any atom is 0.276 e. The zero-order valence-electron chi connectivity index (χ0n) is 16.9. The van der Waals surface area contributed by atoms with Crippen LogP contribution in [0.3, 0.4) is 0 Å². The van der Waals surface area contributed by atoms with Gasteiger partial charge in [-0.05, 0) is 42.8 Å². The van der Waals surface area contributed by atoms with Crippen molar-refractivity contribution < 1.29 is 4.79 Å². The van der Waals surface area contributed by atoms with E-state index < -0.39 is 0 Å². The van der Waals surface area contributed by atoms with E-state index in [2.05, 4.69) is 58.5 Å². The number of carbonyl (C=O) groups excluding carboxylic acids is 1. The van der Waals surface area contributed by atoms with Crippen LogP contribution < -0.4 is 5.32 Å². The van der Waals surface area contributed by atoms with Crippen LogP contribution in [0.25, 0.3) is 17.0 Å². The van der Waals surface area contributed by atoms with Crippen LogP contribution in [0.1, 0.15) is 43.2 Å². The average molecular weight is 416 g/mol. The van der Waals surface area contributed by atoms with Crippen LogP contribution in [0.15, 0.2) is 66.5 Å². The summed E-state index contributed by atoms with van der Waals surface area (Å²) in [5.74, 6) is 0.00629. The summed E-state index contributed by atoms with van der Waals surface area (Å²) in [7, 11) is 0. The second-order valence-electron chi connectivity index (χ2n) is 8.17. The fourth-order valence-electron chi connectivity index (χ4n) is 4.68. The Morgan fingerprint density at radius 2 is 1.73 bits per heavy atom. The Kier molecular flexibility index (Phi) is 5.13. The average Bonchev–Trinajstić information content (AvgIpc) is 3.26. The highest BCUT2D eigenvalue weighted by Crippen LogP contribution is 2.29. The first-order chi connectivity index (χ1) is 14.7. The molecule has 5 rings (SSSR count). The van der Waals surface area contributed by atoms with E-state index in [1.807, 2.05) is 23.1 Å². The molecule has 1 saturated carbocycles. The Morgan fingerprint density at radius 1 is 1.00 bits per heavy atom. The molecule has 0 unspecified atom stereocenters. The third-order valence-electron chi connectivity index (χ3n) is 6.16. The minimum Gasteiger partial charge on any atom is -0.342 e. The summed E-state index contributed by atoms with van der Waals surface area (Å²) in [6.07, 6.45) is 9.76. The van der Waals surface area contributed by atoms with Crippen molar-refractivity contribution in [1.29, 1.82) is 0 Å². The maximum absolute atomic E-state index is 13.2. The number of nitrogens with zero attached hydrogens (tertiary/aromatic N) is 2. The zero-order chi connectivity index (χ0) is 20.5. The summed E-state index contributed by atoms with van der Waals surface area (Å²) in [4.78, 5) is 15.0. The fourth-order valence-corrected chi connectivity index (χ4v) is 5.02. The van der Waals surface area contributed by atoms with Gasteiger partial charge in [0.15, 0.2) is 5.11 Å². The third-order valence-corrected chi connectivity index (χ3v) is 6.46. The zero-order valence-corrected chi connectivity index (χ0v) is 17.7.